The maximum Gasteiger partial charge on any atom is 0.416 e. The number of carbonyl (C=O) groups is 2. The fraction of sp³-hybridized carbons (Fsp3) is 0.185. The maximum absolute atomic E-state index is 13.8. The number of benzene rings is 3. The summed E-state index contributed by atoms with van der Waals surface area (Å²) in [5.41, 5.74) is -0.860. The second-order valence-electron chi connectivity index (χ2n) is 8.34. The first kappa shape index (κ1) is 31.2. The summed E-state index contributed by atoms with van der Waals surface area (Å²) in [6.45, 7) is 0. The van der Waals surface area contributed by atoms with Crippen LogP contribution in [0.2, 0.25) is 15.1 Å². The van der Waals surface area contributed by atoms with Crippen molar-refractivity contribution in [1.29, 1.82) is 0 Å². The van der Waals surface area contributed by atoms with Crippen LogP contribution in [0.3, 0.4) is 0 Å². The van der Waals surface area contributed by atoms with E-state index in [1.807, 2.05) is 0 Å². The highest BCUT2D eigenvalue weighted by Crippen LogP contribution is 2.41. The summed E-state index contributed by atoms with van der Waals surface area (Å²) in [6, 6.07) is 10.3. The summed E-state index contributed by atoms with van der Waals surface area (Å²) in [7, 11) is 0. The van der Waals surface area contributed by atoms with Crippen LogP contribution in [0.4, 0.5) is 26.3 Å². The number of allylic oxidation sites excluding steroid dienone is 1. The molecule has 0 saturated carbocycles. The van der Waals surface area contributed by atoms with Crippen molar-refractivity contribution in [2.45, 2.75) is 31.1 Å². The first-order chi connectivity index (χ1) is 18.1. The summed E-state index contributed by atoms with van der Waals surface area (Å²) in [4.78, 5) is 25.0. The van der Waals surface area contributed by atoms with Crippen LogP contribution < -0.4 is 0 Å². The molecule has 12 heteroatoms. The number of alkyl halides is 6. The minimum atomic E-state index is -4.67. The van der Waals surface area contributed by atoms with Crippen molar-refractivity contribution in [2.75, 3.05) is 0 Å². The van der Waals surface area contributed by atoms with Crippen LogP contribution in [0.5, 0.6) is 0 Å². The van der Waals surface area contributed by atoms with Crippen LogP contribution >= 0.6 is 50.7 Å². The van der Waals surface area contributed by atoms with Crippen LogP contribution in [-0.2, 0) is 6.18 Å². The largest absolute Gasteiger partial charge is 0.416 e. The number of rotatable bonds is 8. The van der Waals surface area contributed by atoms with Gasteiger partial charge in [-0.2, -0.15) is 26.3 Å². The van der Waals surface area contributed by atoms with E-state index in [1.54, 1.807) is 0 Å². The normalized spacial score (nSPS) is 13.1. The first-order valence-electron chi connectivity index (χ1n) is 11.0. The van der Waals surface area contributed by atoms with E-state index in [-0.39, 0.29) is 49.1 Å². The summed E-state index contributed by atoms with van der Waals surface area (Å²) in [6.07, 6.45) is -7.76. The van der Waals surface area contributed by atoms with E-state index in [1.165, 1.54) is 30.3 Å². The number of carbonyl (C=O) groups excluding carboxylic acids is 2. The van der Waals surface area contributed by atoms with Crippen molar-refractivity contribution >= 4 is 68.4 Å². The molecular formula is C27H16BrCl3F6O2. The van der Waals surface area contributed by atoms with E-state index >= 15 is 0 Å². The number of halogens is 10. The van der Waals surface area contributed by atoms with Gasteiger partial charge in [0.15, 0.2) is 11.6 Å². The number of ketones is 2. The van der Waals surface area contributed by atoms with Crippen LogP contribution in [-0.4, -0.2) is 17.7 Å². The average Bonchev–Trinajstić information content (AvgIpc) is 2.84. The van der Waals surface area contributed by atoms with Crippen molar-refractivity contribution in [3.63, 3.8) is 0 Å². The average molecular weight is 673 g/mol. The summed E-state index contributed by atoms with van der Waals surface area (Å²) < 4.78 is 80.2. The molecule has 2 nitrogen and oxygen atoms in total. The minimum Gasteiger partial charge on any atom is -0.294 e. The Morgan fingerprint density at radius 3 is 2.03 bits per heavy atom. The Morgan fingerprint density at radius 1 is 0.846 bits per heavy atom. The minimum absolute atomic E-state index is 0.0623. The van der Waals surface area contributed by atoms with Gasteiger partial charge in [0.1, 0.15) is 0 Å². The lowest BCUT2D eigenvalue weighted by Gasteiger charge is -2.18. The highest BCUT2D eigenvalue weighted by molar-refractivity contribution is 9.10. The van der Waals surface area contributed by atoms with Crippen molar-refractivity contribution < 1.29 is 35.9 Å². The molecule has 0 bridgehead atoms. The van der Waals surface area contributed by atoms with Crippen molar-refractivity contribution in [1.82, 2.24) is 0 Å². The molecule has 0 N–H and O–H groups in total. The third kappa shape index (κ3) is 8.10. The van der Waals surface area contributed by atoms with Crippen LogP contribution in [0, 0.1) is 0 Å². The van der Waals surface area contributed by atoms with Crippen molar-refractivity contribution in [3.8, 4) is 0 Å². The Labute approximate surface area is 242 Å². The molecule has 3 aromatic rings. The first-order valence-corrected chi connectivity index (χ1v) is 12.9. The van der Waals surface area contributed by atoms with Crippen LogP contribution in [0.1, 0.15) is 56.2 Å². The summed E-state index contributed by atoms with van der Waals surface area (Å²) in [5.74, 6) is -3.16. The molecule has 0 heterocycles. The van der Waals surface area contributed by atoms with Crippen LogP contribution in [0.15, 0.2) is 65.1 Å². The molecule has 206 valence electrons. The van der Waals surface area contributed by atoms with Gasteiger partial charge >= 0.3 is 12.4 Å². The molecule has 0 spiro atoms. The molecule has 0 fully saturated rings. The Bertz CT molecular complexity index is 1410. The van der Waals surface area contributed by atoms with E-state index in [2.05, 4.69) is 15.9 Å². The predicted octanol–water partition coefficient (Wildman–Crippen LogP) is 10.6. The summed E-state index contributed by atoms with van der Waals surface area (Å²) in [5, 5.41) is -0.314. The third-order valence-corrected chi connectivity index (χ3v) is 7.44. The fourth-order valence-corrected chi connectivity index (χ4v) is 4.84. The molecule has 0 saturated heterocycles. The molecule has 0 aliphatic heterocycles. The van der Waals surface area contributed by atoms with Crippen molar-refractivity contribution in [3.05, 3.63) is 108 Å². The molecule has 0 aliphatic rings. The van der Waals surface area contributed by atoms with Crippen molar-refractivity contribution in [2.24, 2.45) is 0 Å². The van der Waals surface area contributed by atoms with Gasteiger partial charge in [-0.3, -0.25) is 9.59 Å². The van der Waals surface area contributed by atoms with Crippen LogP contribution in [0.25, 0.3) is 6.08 Å². The second kappa shape index (κ2) is 12.5. The standard InChI is InChI=1S/C27H16BrCl3F6O2/c28-20-10-14(5-7-19(27(35,36)37)16-12-21(29)25(31)22(30)13-16)4-6-18(20)24(39)9-8-23(38)15-2-1-3-17(11-15)26(32,33)34/h1-7,10-13,19H,8-9H2/b7-5+. The molecule has 39 heavy (non-hydrogen) atoms. The molecule has 3 rings (SSSR count). The van der Waals surface area contributed by atoms with E-state index in [0.717, 1.165) is 36.4 Å². The molecule has 1 unspecified atom stereocenters. The van der Waals surface area contributed by atoms with Gasteiger partial charge in [-0.1, -0.05) is 81.1 Å². The monoisotopic (exact) mass is 670 g/mol. The number of hydrogen-bond acceptors (Lipinski definition) is 2. The maximum atomic E-state index is 13.8. The van der Waals surface area contributed by atoms with E-state index in [4.69, 9.17) is 34.8 Å². The lowest BCUT2D eigenvalue weighted by molar-refractivity contribution is -0.139. The second-order valence-corrected chi connectivity index (χ2v) is 10.4. The number of hydrogen-bond donors (Lipinski definition) is 0. The topological polar surface area (TPSA) is 34.1 Å². The lowest BCUT2D eigenvalue weighted by atomic mass is 9.96. The molecule has 0 amide bonds. The zero-order chi connectivity index (χ0) is 29.1. The zero-order valence-electron chi connectivity index (χ0n) is 19.4. The van der Waals surface area contributed by atoms with Gasteiger partial charge < -0.3 is 0 Å². The Morgan fingerprint density at radius 2 is 1.46 bits per heavy atom. The quantitative estimate of drug-likeness (QED) is 0.136. The Hall–Kier alpha value is -2.33. The molecule has 3 aromatic carbocycles. The van der Waals surface area contributed by atoms with E-state index in [0.29, 0.717) is 5.56 Å². The van der Waals surface area contributed by atoms with Gasteiger partial charge in [-0.05, 0) is 47.5 Å². The Kier molecular flexibility index (Phi) is 9.97. The highest BCUT2D eigenvalue weighted by atomic mass is 79.9. The molecule has 1 atom stereocenters. The highest BCUT2D eigenvalue weighted by Gasteiger charge is 2.39. The predicted molar refractivity (Wildman–Crippen MR) is 143 cm³/mol. The SMILES string of the molecule is O=C(CCC(=O)c1ccc(/C=C/C(c2cc(Cl)c(Cl)c(Cl)c2)C(F)(F)F)cc1Br)c1cccc(C(F)(F)F)c1. The Balaban J connectivity index is 1.74. The lowest BCUT2D eigenvalue weighted by Crippen LogP contribution is -2.19. The molecule has 0 aromatic heterocycles. The molecule has 0 radical (unpaired) electrons. The zero-order valence-corrected chi connectivity index (χ0v) is 23.3. The fourth-order valence-electron chi connectivity index (χ4n) is 3.61. The van der Waals surface area contributed by atoms with Gasteiger partial charge in [0, 0.05) is 28.4 Å². The molecule has 0 aliphatic carbocycles. The number of Topliss-reactive ketones (excluding diaryl/α,β-unsaturated/α-hetero) is 2. The van der Waals surface area contributed by atoms with E-state index < -0.39 is 35.4 Å². The van der Waals surface area contributed by atoms with Gasteiger partial charge in [0.2, 0.25) is 0 Å². The summed E-state index contributed by atoms with van der Waals surface area (Å²) >= 11 is 20.8. The van der Waals surface area contributed by atoms with E-state index in [9.17, 15) is 35.9 Å². The third-order valence-electron chi connectivity index (χ3n) is 5.58. The van der Waals surface area contributed by atoms with Gasteiger partial charge in [0.25, 0.3) is 0 Å². The van der Waals surface area contributed by atoms with Gasteiger partial charge in [-0.15, -0.1) is 0 Å². The molecular weight excluding hydrogens is 657 g/mol. The van der Waals surface area contributed by atoms with Gasteiger partial charge in [-0.25, -0.2) is 0 Å². The smallest absolute Gasteiger partial charge is 0.294 e. The van der Waals surface area contributed by atoms with Gasteiger partial charge in [0.05, 0.1) is 26.5 Å².